The molecule has 0 atom stereocenters. The summed E-state index contributed by atoms with van der Waals surface area (Å²) in [6, 6.07) is 0. The molecule has 1 fully saturated rings. The maximum atomic E-state index is 10.5. The maximum Gasteiger partial charge on any atom is 0.208 e. The van der Waals surface area contributed by atoms with Gasteiger partial charge in [-0.2, -0.15) is 0 Å². The molecule has 4 nitrogen and oxygen atoms in total. The lowest BCUT2D eigenvalue weighted by atomic mass is 9.81. The van der Waals surface area contributed by atoms with E-state index in [1.165, 1.54) is 0 Å². The van der Waals surface area contributed by atoms with Gasteiger partial charge < -0.3 is 5.11 Å². The molecule has 1 aromatic heterocycles. The Morgan fingerprint density at radius 3 is 2.83 bits per heavy atom. The smallest absolute Gasteiger partial charge is 0.208 e. The normalized spacial score (nSPS) is 28.5. The molecule has 0 unspecified atom stereocenters. The van der Waals surface area contributed by atoms with Gasteiger partial charge in [0.05, 0.1) is 5.60 Å². The van der Waals surface area contributed by atoms with Crippen LogP contribution in [0.5, 0.6) is 0 Å². The Hall–Kier alpha value is -0.550. The molecule has 0 saturated heterocycles. The lowest BCUT2D eigenvalue weighted by molar-refractivity contribution is 0.0150. The van der Waals surface area contributed by atoms with Crippen molar-refractivity contribution in [3.8, 4) is 0 Å². The molecule has 1 aromatic rings. The van der Waals surface area contributed by atoms with Crippen LogP contribution in [0.3, 0.4) is 0 Å². The van der Waals surface area contributed by atoms with Gasteiger partial charge in [-0.15, -0.1) is 5.10 Å². The van der Waals surface area contributed by atoms with E-state index in [1.54, 1.807) is 11.8 Å². The van der Waals surface area contributed by atoms with Crippen molar-refractivity contribution in [3.05, 3.63) is 5.82 Å². The summed E-state index contributed by atoms with van der Waals surface area (Å²) < 4.78 is 0. The molecule has 0 aliphatic heterocycles. The number of aryl methyl sites for hydroxylation is 1. The highest BCUT2D eigenvalue weighted by Gasteiger charge is 2.32. The lowest BCUT2D eigenvalue weighted by Crippen LogP contribution is -2.36. The highest BCUT2D eigenvalue weighted by molar-refractivity contribution is 7.99. The molecule has 1 heterocycles. The first-order valence-electron chi connectivity index (χ1n) is 6.88. The summed E-state index contributed by atoms with van der Waals surface area (Å²) in [7, 11) is 0. The van der Waals surface area contributed by atoms with Crippen LogP contribution in [0.15, 0.2) is 5.16 Å². The number of nitrogens with one attached hydrogen (secondary N) is 1. The van der Waals surface area contributed by atoms with Gasteiger partial charge in [0.15, 0.2) is 0 Å². The van der Waals surface area contributed by atoms with Crippen LogP contribution >= 0.6 is 11.8 Å². The van der Waals surface area contributed by atoms with Crippen LogP contribution < -0.4 is 0 Å². The summed E-state index contributed by atoms with van der Waals surface area (Å²) in [4.78, 5) is 4.42. The molecule has 1 aliphatic carbocycles. The second-order valence-electron chi connectivity index (χ2n) is 5.51. The minimum Gasteiger partial charge on any atom is -0.389 e. The van der Waals surface area contributed by atoms with Gasteiger partial charge in [-0.1, -0.05) is 25.6 Å². The van der Waals surface area contributed by atoms with Crippen LogP contribution in [0, 0.1) is 5.92 Å². The largest absolute Gasteiger partial charge is 0.389 e. The number of thioether (sulfide) groups is 1. The predicted octanol–water partition coefficient (Wildman–Crippen LogP) is 2.79. The van der Waals surface area contributed by atoms with E-state index in [0.717, 1.165) is 55.4 Å². The van der Waals surface area contributed by atoms with Crippen molar-refractivity contribution in [1.29, 1.82) is 0 Å². The van der Waals surface area contributed by atoms with Gasteiger partial charge in [0.2, 0.25) is 5.16 Å². The predicted molar refractivity (Wildman–Crippen MR) is 73.7 cm³/mol. The fraction of sp³-hybridized carbons (Fsp3) is 0.846. The molecule has 0 bridgehead atoms. The molecular weight excluding hydrogens is 246 g/mol. The number of hydrogen-bond donors (Lipinski definition) is 2. The van der Waals surface area contributed by atoms with Crippen LogP contribution in [0.2, 0.25) is 0 Å². The molecule has 0 radical (unpaired) electrons. The topological polar surface area (TPSA) is 61.8 Å². The zero-order valence-corrected chi connectivity index (χ0v) is 12.1. The summed E-state index contributed by atoms with van der Waals surface area (Å²) in [5.41, 5.74) is -0.511. The minimum absolute atomic E-state index is 0.511. The van der Waals surface area contributed by atoms with E-state index in [0.29, 0.717) is 5.75 Å². The summed E-state index contributed by atoms with van der Waals surface area (Å²) in [6.45, 7) is 4.39. The average Bonchev–Trinajstić information content (AvgIpc) is 2.80. The molecule has 18 heavy (non-hydrogen) atoms. The van der Waals surface area contributed by atoms with E-state index >= 15 is 0 Å². The van der Waals surface area contributed by atoms with Crippen LogP contribution in [0.1, 0.15) is 51.8 Å². The van der Waals surface area contributed by atoms with Crippen LogP contribution in [-0.2, 0) is 6.42 Å². The van der Waals surface area contributed by atoms with Crippen molar-refractivity contribution >= 4 is 11.8 Å². The Labute approximate surface area is 113 Å². The number of nitrogens with zero attached hydrogens (tertiary/aromatic N) is 2. The Kier molecular flexibility index (Phi) is 4.67. The maximum absolute atomic E-state index is 10.5. The standard InChI is InChI=1S/C13H23N3OS/c1-3-4-11-14-12(16-15-11)18-9-13(17)7-5-10(2)6-8-13/h10,17H,3-9H2,1-2H3,(H,14,15,16). The fourth-order valence-electron chi connectivity index (χ4n) is 2.33. The molecule has 1 saturated carbocycles. The number of hydrogen-bond acceptors (Lipinski definition) is 4. The third-order valence-corrected chi connectivity index (χ3v) is 4.80. The van der Waals surface area contributed by atoms with E-state index in [-0.39, 0.29) is 0 Å². The third-order valence-electron chi connectivity index (χ3n) is 3.67. The highest BCUT2D eigenvalue weighted by Crippen LogP contribution is 2.35. The molecule has 2 rings (SSSR count). The van der Waals surface area contributed by atoms with Crippen LogP contribution in [0.25, 0.3) is 0 Å². The molecule has 1 aliphatic rings. The van der Waals surface area contributed by atoms with Gasteiger partial charge >= 0.3 is 0 Å². The van der Waals surface area contributed by atoms with Gasteiger partial charge in [0, 0.05) is 12.2 Å². The lowest BCUT2D eigenvalue weighted by Gasteiger charge is -2.34. The molecular formula is C13H23N3OS. The number of aromatic amines is 1. The van der Waals surface area contributed by atoms with Gasteiger partial charge in [-0.05, 0) is 38.0 Å². The molecule has 2 N–H and O–H groups in total. The molecule has 0 amide bonds. The van der Waals surface area contributed by atoms with Gasteiger partial charge in [0.1, 0.15) is 5.82 Å². The van der Waals surface area contributed by atoms with Crippen molar-refractivity contribution in [1.82, 2.24) is 15.2 Å². The second-order valence-corrected chi connectivity index (χ2v) is 6.45. The Morgan fingerprint density at radius 2 is 2.17 bits per heavy atom. The van der Waals surface area contributed by atoms with Gasteiger partial charge in [-0.3, -0.25) is 5.10 Å². The first-order chi connectivity index (χ1) is 8.61. The van der Waals surface area contributed by atoms with E-state index in [2.05, 4.69) is 29.0 Å². The monoisotopic (exact) mass is 269 g/mol. The van der Waals surface area contributed by atoms with Crippen molar-refractivity contribution in [3.63, 3.8) is 0 Å². The number of aromatic nitrogens is 3. The van der Waals surface area contributed by atoms with Crippen molar-refractivity contribution < 1.29 is 5.11 Å². The van der Waals surface area contributed by atoms with E-state index in [4.69, 9.17) is 0 Å². The van der Waals surface area contributed by atoms with Crippen LogP contribution in [-0.4, -0.2) is 31.6 Å². The Morgan fingerprint density at radius 1 is 1.44 bits per heavy atom. The van der Waals surface area contributed by atoms with Gasteiger partial charge in [-0.25, -0.2) is 4.98 Å². The quantitative estimate of drug-likeness (QED) is 0.807. The Balaban J connectivity index is 1.82. The number of rotatable bonds is 5. The second kappa shape index (κ2) is 6.06. The third kappa shape index (κ3) is 3.72. The summed E-state index contributed by atoms with van der Waals surface area (Å²) in [5.74, 6) is 2.42. The molecule has 5 heteroatoms. The first kappa shape index (κ1) is 13.9. The number of aliphatic hydroxyl groups is 1. The van der Waals surface area contributed by atoms with Gasteiger partial charge in [0.25, 0.3) is 0 Å². The van der Waals surface area contributed by atoms with Crippen molar-refractivity contribution in [2.45, 2.75) is 63.1 Å². The molecule has 102 valence electrons. The first-order valence-corrected chi connectivity index (χ1v) is 7.86. The number of H-pyrrole nitrogens is 1. The summed E-state index contributed by atoms with van der Waals surface area (Å²) >= 11 is 1.57. The SMILES string of the molecule is CCCc1nc(SCC2(O)CCC(C)CC2)n[nH]1. The van der Waals surface area contributed by atoms with E-state index in [1.807, 2.05) is 0 Å². The zero-order valence-electron chi connectivity index (χ0n) is 11.3. The fourth-order valence-corrected chi connectivity index (χ4v) is 3.31. The Bertz CT molecular complexity index is 372. The molecule has 0 aromatic carbocycles. The van der Waals surface area contributed by atoms with Crippen molar-refractivity contribution in [2.75, 3.05) is 5.75 Å². The highest BCUT2D eigenvalue weighted by atomic mass is 32.2. The zero-order chi connectivity index (χ0) is 13.0. The van der Waals surface area contributed by atoms with E-state index < -0.39 is 5.60 Å². The van der Waals surface area contributed by atoms with E-state index in [9.17, 15) is 5.11 Å². The summed E-state index contributed by atoms with van der Waals surface area (Å²) in [5, 5.41) is 18.4. The van der Waals surface area contributed by atoms with Crippen molar-refractivity contribution in [2.24, 2.45) is 5.92 Å². The molecule has 0 spiro atoms. The van der Waals surface area contributed by atoms with Crippen LogP contribution in [0.4, 0.5) is 0 Å². The minimum atomic E-state index is -0.511. The average molecular weight is 269 g/mol. The summed E-state index contributed by atoms with van der Waals surface area (Å²) in [6.07, 6.45) is 6.09.